The Bertz CT molecular complexity index is 2250. The Kier molecular flexibility index (Phi) is 8.69. The Balaban J connectivity index is 1.18. The molecule has 2 amide bonds. The maximum absolute atomic E-state index is 13.7. The highest BCUT2D eigenvalue weighted by molar-refractivity contribution is 6.42. The number of fused-ring (bicyclic) bond motifs is 2. The summed E-state index contributed by atoms with van der Waals surface area (Å²) in [5.41, 5.74) is 4.55. The summed E-state index contributed by atoms with van der Waals surface area (Å²) in [6.07, 6.45) is 0. The highest BCUT2D eigenvalue weighted by Gasteiger charge is 2.18. The molecule has 0 bridgehead atoms. The van der Waals surface area contributed by atoms with Gasteiger partial charge in [-0.15, -0.1) is 0 Å². The van der Waals surface area contributed by atoms with E-state index >= 15 is 0 Å². The number of hydrogen-bond acceptors (Lipinski definition) is 5. The lowest BCUT2D eigenvalue weighted by Gasteiger charge is -2.13. The van der Waals surface area contributed by atoms with Crippen LogP contribution in [0.25, 0.3) is 44.3 Å². The van der Waals surface area contributed by atoms with E-state index in [0.717, 1.165) is 0 Å². The van der Waals surface area contributed by atoms with E-state index in [-0.39, 0.29) is 11.6 Å². The van der Waals surface area contributed by atoms with Crippen LogP contribution >= 0.6 is 46.4 Å². The van der Waals surface area contributed by atoms with Gasteiger partial charge in [0.15, 0.2) is 0 Å². The Labute approximate surface area is 294 Å². The van der Waals surface area contributed by atoms with Crippen LogP contribution in [0, 0.1) is 0 Å². The molecule has 11 heteroatoms. The topological polar surface area (TPSA) is 96.9 Å². The molecule has 3 aromatic heterocycles. The average Bonchev–Trinajstić information content (AvgIpc) is 3.09. The quantitative estimate of drug-likeness (QED) is 0.179. The molecule has 0 unspecified atom stereocenters. The fraction of sp³-hybridized carbons (Fsp3) is 0. The Morgan fingerprint density at radius 1 is 0.458 bits per heavy atom. The third kappa shape index (κ3) is 6.41. The van der Waals surface area contributed by atoms with Gasteiger partial charge in [0.1, 0.15) is 11.6 Å². The van der Waals surface area contributed by atoms with Crippen molar-refractivity contribution in [2.24, 2.45) is 0 Å². The zero-order valence-electron chi connectivity index (χ0n) is 24.6. The van der Waals surface area contributed by atoms with Gasteiger partial charge in [0.25, 0.3) is 11.8 Å². The molecule has 0 aliphatic carbocycles. The number of para-hydroxylation sites is 2. The largest absolute Gasteiger partial charge is 0.306 e. The molecule has 48 heavy (non-hydrogen) atoms. The van der Waals surface area contributed by atoms with Crippen molar-refractivity contribution in [2.75, 3.05) is 10.6 Å². The van der Waals surface area contributed by atoms with Crippen LogP contribution in [0.1, 0.15) is 20.7 Å². The molecule has 0 spiro atoms. The molecule has 0 saturated carbocycles. The van der Waals surface area contributed by atoms with Crippen molar-refractivity contribution >= 4 is 91.7 Å². The van der Waals surface area contributed by atoms with Gasteiger partial charge in [-0.3, -0.25) is 9.59 Å². The van der Waals surface area contributed by atoms with Crippen molar-refractivity contribution in [1.82, 2.24) is 15.0 Å². The maximum atomic E-state index is 13.7. The van der Waals surface area contributed by atoms with Crippen molar-refractivity contribution in [1.29, 1.82) is 0 Å². The van der Waals surface area contributed by atoms with Crippen LogP contribution in [-0.2, 0) is 0 Å². The minimum absolute atomic E-state index is 0.242. The number of anilines is 2. The van der Waals surface area contributed by atoms with Gasteiger partial charge < -0.3 is 10.6 Å². The van der Waals surface area contributed by atoms with Crippen LogP contribution in [0.2, 0.25) is 20.1 Å². The zero-order valence-corrected chi connectivity index (χ0v) is 27.7. The standard InChI is InChI=1S/C37H21Cl4N5O2/c38-26-14-12-20(16-28(26)40)32-18-24(22-6-1-3-8-30(22)42-32)36(47)45-34-10-5-11-35(44-34)46-37(48)25-19-33(21-13-15-27(39)29(41)17-21)43-31-9-4-2-7-23(25)31/h1-19H,(H2,44,45,46,47,48). The summed E-state index contributed by atoms with van der Waals surface area (Å²) >= 11 is 24.8. The van der Waals surface area contributed by atoms with Gasteiger partial charge in [-0.2, -0.15) is 0 Å². The minimum atomic E-state index is -0.405. The fourth-order valence-electron chi connectivity index (χ4n) is 5.27. The first-order chi connectivity index (χ1) is 23.2. The first-order valence-corrected chi connectivity index (χ1v) is 16.0. The van der Waals surface area contributed by atoms with Crippen molar-refractivity contribution in [3.05, 3.63) is 146 Å². The van der Waals surface area contributed by atoms with Crippen LogP contribution < -0.4 is 10.6 Å². The predicted molar refractivity (Wildman–Crippen MR) is 195 cm³/mol. The lowest BCUT2D eigenvalue weighted by Crippen LogP contribution is -2.17. The lowest BCUT2D eigenvalue weighted by molar-refractivity contribution is 0.102. The molecule has 7 rings (SSSR count). The second-order valence-corrected chi connectivity index (χ2v) is 12.3. The number of nitrogens with one attached hydrogen (secondary N) is 2. The number of nitrogens with zero attached hydrogens (tertiary/aromatic N) is 3. The van der Waals surface area contributed by atoms with Crippen LogP contribution in [0.3, 0.4) is 0 Å². The number of halogens is 4. The lowest BCUT2D eigenvalue weighted by atomic mass is 10.0. The van der Waals surface area contributed by atoms with E-state index in [4.69, 9.17) is 56.4 Å². The molecule has 0 atom stereocenters. The molecule has 7 nitrogen and oxygen atoms in total. The van der Waals surface area contributed by atoms with Gasteiger partial charge in [0, 0.05) is 21.9 Å². The van der Waals surface area contributed by atoms with Crippen molar-refractivity contribution in [2.45, 2.75) is 0 Å². The number of carbonyl (C=O) groups is 2. The van der Waals surface area contributed by atoms with E-state index in [9.17, 15) is 9.59 Å². The second kappa shape index (κ2) is 13.2. The van der Waals surface area contributed by atoms with Crippen LogP contribution in [0.5, 0.6) is 0 Å². The summed E-state index contributed by atoms with van der Waals surface area (Å²) in [5.74, 6) is -0.328. The predicted octanol–water partition coefficient (Wildman–Crippen LogP) is 10.6. The SMILES string of the molecule is O=C(Nc1cccc(NC(=O)c2cc(-c3ccc(Cl)c(Cl)c3)nc3ccccc23)n1)c1cc(-c2ccc(Cl)c(Cl)c2)nc2ccccc12. The van der Waals surface area contributed by atoms with E-state index in [1.807, 2.05) is 48.5 Å². The van der Waals surface area contributed by atoms with Gasteiger partial charge in [0.05, 0.1) is 53.6 Å². The normalized spacial score (nSPS) is 11.1. The maximum Gasteiger partial charge on any atom is 0.257 e. The Hall–Kier alpha value is -5.05. The van der Waals surface area contributed by atoms with Crippen molar-refractivity contribution < 1.29 is 9.59 Å². The molecule has 4 aromatic carbocycles. The summed E-state index contributed by atoms with van der Waals surface area (Å²) in [6.45, 7) is 0. The fourth-order valence-corrected chi connectivity index (χ4v) is 5.87. The van der Waals surface area contributed by atoms with Crippen LogP contribution in [-0.4, -0.2) is 26.8 Å². The molecular weight excluding hydrogens is 688 g/mol. The number of amides is 2. The highest BCUT2D eigenvalue weighted by Crippen LogP contribution is 2.32. The molecule has 0 aliphatic heterocycles. The minimum Gasteiger partial charge on any atom is -0.306 e. The third-order valence-corrected chi connectivity index (χ3v) is 9.06. The van der Waals surface area contributed by atoms with Gasteiger partial charge in [0.2, 0.25) is 0 Å². The van der Waals surface area contributed by atoms with E-state index in [2.05, 4.69) is 15.6 Å². The summed E-state index contributed by atoms with van der Waals surface area (Å²) in [4.78, 5) is 41.4. The first-order valence-electron chi connectivity index (χ1n) is 14.5. The summed E-state index contributed by atoms with van der Waals surface area (Å²) in [7, 11) is 0. The van der Waals surface area contributed by atoms with E-state index in [1.165, 1.54) is 0 Å². The van der Waals surface area contributed by atoms with E-state index in [1.54, 1.807) is 66.7 Å². The molecule has 3 heterocycles. The van der Waals surface area contributed by atoms with E-state index < -0.39 is 11.8 Å². The summed E-state index contributed by atoms with van der Waals surface area (Å²) < 4.78 is 0. The second-order valence-electron chi connectivity index (χ2n) is 10.7. The third-order valence-electron chi connectivity index (χ3n) is 7.58. The molecular formula is C37H21Cl4N5O2. The average molecular weight is 709 g/mol. The number of aromatic nitrogens is 3. The van der Waals surface area contributed by atoms with Crippen LogP contribution in [0.4, 0.5) is 11.6 Å². The first kappa shape index (κ1) is 31.5. The summed E-state index contributed by atoms with van der Waals surface area (Å²) in [6, 6.07) is 33.4. The molecule has 0 saturated heterocycles. The molecule has 234 valence electrons. The number of pyridine rings is 3. The zero-order chi connectivity index (χ0) is 33.4. The molecule has 0 fully saturated rings. The molecule has 0 radical (unpaired) electrons. The number of benzene rings is 4. The number of rotatable bonds is 6. The van der Waals surface area contributed by atoms with Crippen molar-refractivity contribution in [3.63, 3.8) is 0 Å². The summed E-state index contributed by atoms with van der Waals surface area (Å²) in [5, 5.41) is 8.64. The Morgan fingerprint density at radius 3 is 1.33 bits per heavy atom. The van der Waals surface area contributed by atoms with Gasteiger partial charge in [-0.25, -0.2) is 15.0 Å². The number of carbonyl (C=O) groups excluding carboxylic acids is 2. The van der Waals surface area contributed by atoms with Gasteiger partial charge >= 0.3 is 0 Å². The monoisotopic (exact) mass is 707 g/mol. The number of hydrogen-bond donors (Lipinski definition) is 2. The van der Waals surface area contributed by atoms with Crippen LogP contribution in [0.15, 0.2) is 115 Å². The molecule has 7 aromatic rings. The molecule has 0 aliphatic rings. The van der Waals surface area contributed by atoms with Crippen molar-refractivity contribution in [3.8, 4) is 22.5 Å². The Morgan fingerprint density at radius 2 is 0.896 bits per heavy atom. The smallest absolute Gasteiger partial charge is 0.257 e. The van der Waals surface area contributed by atoms with E-state index in [0.29, 0.717) is 75.5 Å². The van der Waals surface area contributed by atoms with Gasteiger partial charge in [-0.05, 0) is 60.7 Å². The van der Waals surface area contributed by atoms with Gasteiger partial charge in [-0.1, -0.05) is 101 Å². The highest BCUT2D eigenvalue weighted by atomic mass is 35.5. The molecule has 2 N–H and O–H groups in total.